The fourth-order valence-electron chi connectivity index (χ4n) is 4.97. The van der Waals surface area contributed by atoms with Crippen molar-refractivity contribution in [2.24, 2.45) is 0 Å². The van der Waals surface area contributed by atoms with Crippen molar-refractivity contribution >= 4 is 10.8 Å². The van der Waals surface area contributed by atoms with Crippen molar-refractivity contribution in [3.63, 3.8) is 0 Å². The predicted octanol–water partition coefficient (Wildman–Crippen LogP) is 5.73. The molecule has 0 heterocycles. The highest BCUT2D eigenvalue weighted by Crippen LogP contribution is 2.48. The molecule has 0 radical (unpaired) electrons. The van der Waals surface area contributed by atoms with Gasteiger partial charge in [0.1, 0.15) is 0 Å². The first-order valence-corrected chi connectivity index (χ1v) is 9.41. The SMILES string of the molecule is N#Cc1ccc2c(c1)Cc1cc3c4c(cccc4c1-2)Cc1cc(C#N)ccc1-3. The Morgan fingerprint density at radius 1 is 0.607 bits per heavy atom. The lowest BCUT2D eigenvalue weighted by Gasteiger charge is -2.23. The number of fused-ring (bicyclic) bond motifs is 6. The van der Waals surface area contributed by atoms with Crippen LogP contribution in [-0.4, -0.2) is 0 Å². The van der Waals surface area contributed by atoms with Gasteiger partial charge in [-0.3, -0.25) is 0 Å². The van der Waals surface area contributed by atoms with E-state index in [9.17, 15) is 10.5 Å². The molecule has 0 fully saturated rings. The average molecular weight is 354 g/mol. The molecule has 0 saturated carbocycles. The Balaban J connectivity index is 1.69. The molecule has 0 saturated heterocycles. The molecule has 0 atom stereocenters. The lowest BCUT2D eigenvalue weighted by Crippen LogP contribution is -2.03. The van der Waals surface area contributed by atoms with E-state index < -0.39 is 0 Å². The normalized spacial score (nSPS) is 12.6. The molecule has 128 valence electrons. The molecule has 6 rings (SSSR count). The molecule has 4 aromatic carbocycles. The van der Waals surface area contributed by atoms with E-state index in [2.05, 4.69) is 48.5 Å². The molecule has 0 unspecified atom stereocenters. The summed E-state index contributed by atoms with van der Waals surface area (Å²) in [5, 5.41) is 21.2. The summed E-state index contributed by atoms with van der Waals surface area (Å²) in [7, 11) is 0. The summed E-state index contributed by atoms with van der Waals surface area (Å²) >= 11 is 0. The van der Waals surface area contributed by atoms with Crippen LogP contribution in [0.5, 0.6) is 0 Å². The monoisotopic (exact) mass is 354 g/mol. The topological polar surface area (TPSA) is 47.6 Å². The van der Waals surface area contributed by atoms with E-state index in [4.69, 9.17) is 0 Å². The van der Waals surface area contributed by atoms with Gasteiger partial charge >= 0.3 is 0 Å². The molecule has 2 nitrogen and oxygen atoms in total. The molecule has 0 spiro atoms. The summed E-state index contributed by atoms with van der Waals surface area (Å²) in [6.45, 7) is 0. The van der Waals surface area contributed by atoms with Gasteiger partial charge in [0, 0.05) is 0 Å². The van der Waals surface area contributed by atoms with Crippen molar-refractivity contribution in [1.82, 2.24) is 0 Å². The van der Waals surface area contributed by atoms with Crippen LogP contribution in [0.1, 0.15) is 33.4 Å². The number of hydrogen-bond acceptors (Lipinski definition) is 2. The minimum Gasteiger partial charge on any atom is -0.192 e. The van der Waals surface area contributed by atoms with Crippen molar-refractivity contribution in [1.29, 1.82) is 10.5 Å². The highest BCUT2D eigenvalue weighted by molar-refractivity contribution is 6.11. The van der Waals surface area contributed by atoms with Gasteiger partial charge in [-0.2, -0.15) is 10.5 Å². The van der Waals surface area contributed by atoms with Gasteiger partial charge in [0.2, 0.25) is 0 Å². The van der Waals surface area contributed by atoms with E-state index in [1.165, 1.54) is 55.3 Å². The van der Waals surface area contributed by atoms with E-state index in [1.807, 2.05) is 24.3 Å². The third-order valence-electron chi connectivity index (χ3n) is 6.12. The van der Waals surface area contributed by atoms with Gasteiger partial charge in [0.15, 0.2) is 0 Å². The quantitative estimate of drug-likeness (QED) is 0.350. The van der Waals surface area contributed by atoms with Gasteiger partial charge in [-0.1, -0.05) is 30.3 Å². The second-order valence-electron chi connectivity index (χ2n) is 7.62. The Labute approximate surface area is 162 Å². The zero-order chi connectivity index (χ0) is 18.8. The van der Waals surface area contributed by atoms with Crippen LogP contribution in [0.4, 0.5) is 0 Å². The second-order valence-corrected chi connectivity index (χ2v) is 7.62. The predicted molar refractivity (Wildman–Crippen MR) is 110 cm³/mol. The summed E-state index contributed by atoms with van der Waals surface area (Å²) in [4.78, 5) is 0. The average Bonchev–Trinajstić information content (AvgIpc) is 3.11. The molecular weight excluding hydrogens is 340 g/mol. The molecule has 2 heteroatoms. The minimum atomic E-state index is 0.715. The van der Waals surface area contributed by atoms with E-state index in [0.29, 0.717) is 5.56 Å². The second kappa shape index (κ2) is 5.32. The minimum absolute atomic E-state index is 0.715. The van der Waals surface area contributed by atoms with Gasteiger partial charge in [-0.05, 0) is 98.5 Å². The number of nitrogens with zero attached hydrogens (tertiary/aromatic N) is 2. The summed E-state index contributed by atoms with van der Waals surface area (Å²) in [6.07, 6.45) is 1.72. The molecule has 0 aliphatic heterocycles. The Morgan fingerprint density at radius 3 is 2.04 bits per heavy atom. The van der Waals surface area contributed by atoms with Crippen molar-refractivity contribution in [2.75, 3.05) is 0 Å². The highest BCUT2D eigenvalue weighted by Gasteiger charge is 2.27. The molecule has 2 aliphatic carbocycles. The van der Waals surface area contributed by atoms with Gasteiger partial charge in [-0.25, -0.2) is 0 Å². The smallest absolute Gasteiger partial charge is 0.0991 e. The van der Waals surface area contributed by atoms with Crippen molar-refractivity contribution in [3.8, 4) is 34.4 Å². The fraction of sp³-hybridized carbons (Fsp3) is 0.0769. The number of benzene rings is 4. The first-order valence-electron chi connectivity index (χ1n) is 9.41. The van der Waals surface area contributed by atoms with Crippen LogP contribution in [0.2, 0.25) is 0 Å². The maximum Gasteiger partial charge on any atom is 0.0991 e. The number of rotatable bonds is 0. The molecule has 0 bridgehead atoms. The van der Waals surface area contributed by atoms with Crippen LogP contribution in [0.15, 0.2) is 60.7 Å². The molecule has 28 heavy (non-hydrogen) atoms. The van der Waals surface area contributed by atoms with Crippen LogP contribution in [-0.2, 0) is 12.8 Å². The van der Waals surface area contributed by atoms with E-state index in [-0.39, 0.29) is 0 Å². The maximum atomic E-state index is 9.28. The van der Waals surface area contributed by atoms with Crippen LogP contribution >= 0.6 is 0 Å². The maximum absolute atomic E-state index is 9.28. The van der Waals surface area contributed by atoms with Crippen LogP contribution < -0.4 is 0 Å². The Kier molecular flexibility index (Phi) is 2.89. The summed E-state index contributed by atoms with van der Waals surface area (Å²) < 4.78 is 0. The first-order chi connectivity index (χ1) is 13.8. The zero-order valence-electron chi connectivity index (χ0n) is 15.1. The highest BCUT2D eigenvalue weighted by atomic mass is 14.3. The van der Waals surface area contributed by atoms with Gasteiger partial charge in [0.05, 0.1) is 23.3 Å². The van der Waals surface area contributed by atoms with Crippen LogP contribution in [0.3, 0.4) is 0 Å². The fourth-order valence-corrected chi connectivity index (χ4v) is 4.97. The van der Waals surface area contributed by atoms with Gasteiger partial charge in [0.25, 0.3) is 0 Å². The lowest BCUT2D eigenvalue weighted by molar-refractivity contribution is 1.19. The number of nitriles is 2. The van der Waals surface area contributed by atoms with E-state index in [0.717, 1.165) is 18.4 Å². The van der Waals surface area contributed by atoms with Crippen molar-refractivity contribution < 1.29 is 0 Å². The molecule has 0 N–H and O–H groups in total. The van der Waals surface area contributed by atoms with Gasteiger partial charge in [-0.15, -0.1) is 0 Å². The van der Waals surface area contributed by atoms with Gasteiger partial charge < -0.3 is 0 Å². The molecule has 0 aromatic heterocycles. The van der Waals surface area contributed by atoms with Crippen LogP contribution in [0.25, 0.3) is 33.0 Å². The first kappa shape index (κ1) is 15.2. The lowest BCUT2D eigenvalue weighted by atomic mass is 9.80. The molecule has 2 aliphatic rings. The van der Waals surface area contributed by atoms with Crippen LogP contribution in [0, 0.1) is 22.7 Å². The third kappa shape index (κ3) is 1.90. The van der Waals surface area contributed by atoms with Crippen molar-refractivity contribution in [3.05, 3.63) is 94.0 Å². The largest absolute Gasteiger partial charge is 0.192 e. The standard InChI is InChI=1S/C26H14N2/c27-13-15-4-6-21-18(8-15)10-17-2-1-3-23-25(17)24(21)12-20-11-19-9-16(14-28)5-7-22(19)26(20)23/h1-9,12H,10-11H2. The zero-order valence-corrected chi connectivity index (χ0v) is 15.1. The summed E-state index contributed by atoms with van der Waals surface area (Å²) in [5.74, 6) is 0. The van der Waals surface area contributed by atoms with Crippen molar-refractivity contribution in [2.45, 2.75) is 12.8 Å². The Bertz CT molecular complexity index is 1430. The number of hydrogen-bond donors (Lipinski definition) is 0. The molecular formula is C26H14N2. The summed E-state index contributed by atoms with van der Waals surface area (Å²) in [6, 6.07) is 25.5. The molecule has 0 amide bonds. The molecule has 4 aromatic rings. The summed E-state index contributed by atoms with van der Waals surface area (Å²) in [5.41, 5.74) is 11.6. The van der Waals surface area contributed by atoms with E-state index >= 15 is 0 Å². The third-order valence-corrected chi connectivity index (χ3v) is 6.12. The Hall–Kier alpha value is -3.88. The Morgan fingerprint density at radius 2 is 1.29 bits per heavy atom. The van der Waals surface area contributed by atoms with E-state index in [1.54, 1.807) is 0 Å².